The Balaban J connectivity index is 1.82. The van der Waals surface area contributed by atoms with Gasteiger partial charge in [-0.1, -0.05) is 64.8 Å². The number of halogens is 2. The average molecular weight is 526 g/mol. The van der Waals surface area contributed by atoms with Gasteiger partial charge in [-0.25, -0.2) is 0 Å². The third-order valence-corrected chi connectivity index (χ3v) is 5.68. The minimum Gasteiger partial charge on any atom is -0.493 e. The summed E-state index contributed by atoms with van der Waals surface area (Å²) in [6.45, 7) is 2.31. The number of para-hydroxylation sites is 1. The second-order valence-electron chi connectivity index (χ2n) is 7.08. The van der Waals surface area contributed by atoms with Crippen LogP contribution in [0, 0.1) is 11.3 Å². The Hall–Kier alpha value is -3.27. The first-order valence-electron chi connectivity index (χ1n) is 10.2. The number of amides is 1. The fraction of sp³-hybridized carbons (Fsp3) is 0.154. The molecule has 0 saturated carbocycles. The Labute approximate surface area is 206 Å². The summed E-state index contributed by atoms with van der Waals surface area (Å²) in [4.78, 5) is 12.7. The number of hydrogen-bond donors (Lipinski definition) is 1. The molecule has 0 radical (unpaired) electrons. The van der Waals surface area contributed by atoms with E-state index in [0.29, 0.717) is 34.4 Å². The van der Waals surface area contributed by atoms with Gasteiger partial charge in [-0.2, -0.15) is 5.26 Å². The molecule has 0 fully saturated rings. The van der Waals surface area contributed by atoms with Crippen LogP contribution in [0.1, 0.15) is 23.6 Å². The molecule has 0 aromatic heterocycles. The lowest BCUT2D eigenvalue weighted by Crippen LogP contribution is -2.14. The van der Waals surface area contributed by atoms with E-state index in [9.17, 15) is 10.1 Å². The minimum atomic E-state index is -0.496. The number of benzene rings is 3. The van der Waals surface area contributed by atoms with Crippen LogP contribution in [0.25, 0.3) is 6.08 Å². The molecule has 0 spiro atoms. The molecule has 7 heteroatoms. The van der Waals surface area contributed by atoms with E-state index >= 15 is 0 Å². The summed E-state index contributed by atoms with van der Waals surface area (Å²) in [5.41, 5.74) is 3.13. The van der Waals surface area contributed by atoms with Crippen molar-refractivity contribution in [3.63, 3.8) is 0 Å². The first-order valence-corrected chi connectivity index (χ1v) is 11.4. The summed E-state index contributed by atoms with van der Waals surface area (Å²) < 4.78 is 12.3. The van der Waals surface area contributed by atoms with Crippen LogP contribution in [-0.4, -0.2) is 13.0 Å². The van der Waals surface area contributed by atoms with Crippen LogP contribution in [0.15, 0.2) is 70.7 Å². The van der Waals surface area contributed by atoms with E-state index in [1.807, 2.05) is 61.5 Å². The molecule has 0 aliphatic carbocycles. The SMILES string of the molecule is CCc1ccccc1NC(=O)/C(C#N)=C/c1cc(Cl)c(OCc2ccc(Br)cc2)c(OC)c1. The lowest BCUT2D eigenvalue weighted by Gasteiger charge is -2.14. The summed E-state index contributed by atoms with van der Waals surface area (Å²) in [5, 5.41) is 12.7. The smallest absolute Gasteiger partial charge is 0.266 e. The van der Waals surface area contributed by atoms with Crippen molar-refractivity contribution < 1.29 is 14.3 Å². The zero-order valence-corrected chi connectivity index (χ0v) is 20.5. The van der Waals surface area contributed by atoms with Crippen LogP contribution in [-0.2, 0) is 17.8 Å². The molecule has 0 bridgehead atoms. The van der Waals surface area contributed by atoms with Gasteiger partial charge in [-0.3, -0.25) is 4.79 Å². The summed E-state index contributed by atoms with van der Waals surface area (Å²) in [7, 11) is 1.51. The normalized spacial score (nSPS) is 10.9. The van der Waals surface area contributed by atoms with E-state index < -0.39 is 5.91 Å². The highest BCUT2D eigenvalue weighted by Gasteiger charge is 2.15. The van der Waals surface area contributed by atoms with Gasteiger partial charge < -0.3 is 14.8 Å². The third kappa shape index (κ3) is 6.38. The van der Waals surface area contributed by atoms with Gasteiger partial charge in [0.05, 0.1) is 12.1 Å². The quantitative estimate of drug-likeness (QED) is 0.259. The Morgan fingerprint density at radius 1 is 1.18 bits per heavy atom. The van der Waals surface area contributed by atoms with Crippen LogP contribution in [0.4, 0.5) is 5.69 Å². The molecule has 0 heterocycles. The molecule has 0 aliphatic heterocycles. The van der Waals surface area contributed by atoms with Crippen molar-refractivity contribution in [2.75, 3.05) is 12.4 Å². The van der Waals surface area contributed by atoms with Gasteiger partial charge in [-0.15, -0.1) is 0 Å². The number of ether oxygens (including phenoxy) is 2. The number of carbonyl (C=O) groups is 1. The van der Waals surface area contributed by atoms with Crippen molar-refractivity contribution >= 4 is 45.2 Å². The number of hydrogen-bond acceptors (Lipinski definition) is 4. The summed E-state index contributed by atoms with van der Waals surface area (Å²) >= 11 is 9.86. The summed E-state index contributed by atoms with van der Waals surface area (Å²) in [6.07, 6.45) is 2.23. The Kier molecular flexibility index (Phi) is 8.53. The molecular weight excluding hydrogens is 504 g/mol. The van der Waals surface area contributed by atoms with Crippen LogP contribution < -0.4 is 14.8 Å². The number of nitrogens with one attached hydrogen (secondary N) is 1. The predicted octanol–water partition coefficient (Wildman–Crippen LogP) is 6.80. The molecule has 3 aromatic rings. The lowest BCUT2D eigenvalue weighted by molar-refractivity contribution is -0.112. The van der Waals surface area contributed by atoms with E-state index in [1.54, 1.807) is 12.1 Å². The van der Waals surface area contributed by atoms with Crippen molar-refractivity contribution in [1.29, 1.82) is 5.26 Å². The van der Waals surface area contributed by atoms with Crippen molar-refractivity contribution in [2.24, 2.45) is 0 Å². The van der Waals surface area contributed by atoms with Gasteiger partial charge in [0.2, 0.25) is 0 Å². The molecule has 3 aromatic carbocycles. The maximum atomic E-state index is 12.7. The van der Waals surface area contributed by atoms with E-state index in [1.165, 1.54) is 13.2 Å². The van der Waals surface area contributed by atoms with E-state index in [4.69, 9.17) is 21.1 Å². The van der Waals surface area contributed by atoms with Crippen LogP contribution >= 0.6 is 27.5 Å². The van der Waals surface area contributed by atoms with Gasteiger partial charge in [0.1, 0.15) is 18.2 Å². The van der Waals surface area contributed by atoms with Gasteiger partial charge in [0.15, 0.2) is 11.5 Å². The molecule has 3 rings (SSSR count). The maximum absolute atomic E-state index is 12.7. The standard InChI is InChI=1S/C26H22BrClN2O3/c1-3-19-6-4-5-7-23(19)30-26(31)20(15-29)12-18-13-22(28)25(24(14-18)32-2)33-16-17-8-10-21(27)11-9-17/h4-14H,3,16H2,1-2H3,(H,30,31)/b20-12+. The topological polar surface area (TPSA) is 71.4 Å². The second kappa shape index (κ2) is 11.6. The summed E-state index contributed by atoms with van der Waals surface area (Å²) in [6, 6.07) is 20.5. The molecule has 33 heavy (non-hydrogen) atoms. The van der Waals surface area contributed by atoms with Crippen molar-refractivity contribution in [3.8, 4) is 17.6 Å². The Morgan fingerprint density at radius 3 is 2.58 bits per heavy atom. The molecule has 0 unspecified atom stereocenters. The van der Waals surface area contributed by atoms with Crippen LogP contribution in [0.3, 0.4) is 0 Å². The molecule has 5 nitrogen and oxygen atoms in total. The lowest BCUT2D eigenvalue weighted by atomic mass is 10.1. The van der Waals surface area contributed by atoms with E-state index in [0.717, 1.165) is 22.0 Å². The molecule has 1 N–H and O–H groups in total. The third-order valence-electron chi connectivity index (χ3n) is 4.87. The molecule has 168 valence electrons. The predicted molar refractivity (Wildman–Crippen MR) is 135 cm³/mol. The average Bonchev–Trinajstić information content (AvgIpc) is 2.82. The number of nitrogens with zero attached hydrogens (tertiary/aromatic N) is 1. The number of anilines is 1. The number of carbonyl (C=O) groups excluding carboxylic acids is 1. The van der Waals surface area contributed by atoms with Crippen molar-refractivity contribution in [1.82, 2.24) is 0 Å². The minimum absolute atomic E-state index is 0.0532. The second-order valence-corrected chi connectivity index (χ2v) is 8.41. The highest BCUT2D eigenvalue weighted by atomic mass is 79.9. The number of aryl methyl sites for hydroxylation is 1. The van der Waals surface area contributed by atoms with E-state index in [-0.39, 0.29) is 5.57 Å². The molecule has 1 amide bonds. The number of methoxy groups -OCH3 is 1. The molecule has 0 atom stereocenters. The van der Waals surface area contributed by atoms with Gasteiger partial charge >= 0.3 is 0 Å². The van der Waals surface area contributed by atoms with Gasteiger partial charge in [0.25, 0.3) is 5.91 Å². The highest BCUT2D eigenvalue weighted by molar-refractivity contribution is 9.10. The van der Waals surface area contributed by atoms with Crippen molar-refractivity contribution in [3.05, 3.63) is 92.4 Å². The fourth-order valence-corrected chi connectivity index (χ4v) is 3.69. The van der Waals surface area contributed by atoms with Crippen LogP contribution in [0.2, 0.25) is 5.02 Å². The van der Waals surface area contributed by atoms with Crippen LogP contribution in [0.5, 0.6) is 11.5 Å². The number of rotatable bonds is 8. The monoisotopic (exact) mass is 524 g/mol. The first-order chi connectivity index (χ1) is 15.9. The Bertz CT molecular complexity index is 1220. The zero-order valence-electron chi connectivity index (χ0n) is 18.2. The highest BCUT2D eigenvalue weighted by Crippen LogP contribution is 2.37. The molecule has 0 aliphatic rings. The van der Waals surface area contributed by atoms with Crippen molar-refractivity contribution in [2.45, 2.75) is 20.0 Å². The molecule has 0 saturated heterocycles. The van der Waals surface area contributed by atoms with E-state index in [2.05, 4.69) is 21.2 Å². The Morgan fingerprint density at radius 2 is 1.91 bits per heavy atom. The van der Waals surface area contributed by atoms with Gasteiger partial charge in [0, 0.05) is 10.2 Å². The summed E-state index contributed by atoms with van der Waals surface area (Å²) in [5.74, 6) is 0.294. The zero-order chi connectivity index (χ0) is 23.8. The van der Waals surface area contributed by atoms with Gasteiger partial charge in [-0.05, 0) is 59.5 Å². The molecular formula is C26H22BrClN2O3. The fourth-order valence-electron chi connectivity index (χ4n) is 3.15. The number of nitriles is 1. The first kappa shape index (κ1) is 24.4. The largest absolute Gasteiger partial charge is 0.493 e. The maximum Gasteiger partial charge on any atom is 0.266 e.